The minimum absolute atomic E-state index is 0.431. The molecule has 0 aromatic heterocycles. The first-order valence-electron chi connectivity index (χ1n) is 8.10. The summed E-state index contributed by atoms with van der Waals surface area (Å²) in [6.07, 6.45) is 5.75. The zero-order chi connectivity index (χ0) is 14.2. The van der Waals surface area contributed by atoms with Crippen molar-refractivity contribution in [3.8, 4) is 0 Å². The number of hydrogen-bond acceptors (Lipinski definition) is 2. The molecule has 2 aliphatic rings. The van der Waals surface area contributed by atoms with E-state index < -0.39 is 0 Å². The Bertz CT molecular complexity index is 466. The molecule has 2 heteroatoms. The van der Waals surface area contributed by atoms with Gasteiger partial charge in [0.15, 0.2) is 0 Å². The van der Waals surface area contributed by atoms with Gasteiger partial charge < -0.3 is 10.1 Å². The van der Waals surface area contributed by atoms with Gasteiger partial charge in [-0.3, -0.25) is 0 Å². The molecular formula is C18H27NO. The van der Waals surface area contributed by atoms with Crippen LogP contribution in [-0.4, -0.2) is 18.8 Å². The van der Waals surface area contributed by atoms with E-state index in [1.165, 1.54) is 36.8 Å². The molecule has 20 heavy (non-hydrogen) atoms. The van der Waals surface area contributed by atoms with Crippen LogP contribution in [0.15, 0.2) is 24.3 Å². The van der Waals surface area contributed by atoms with Crippen LogP contribution in [0, 0.1) is 12.3 Å². The molecule has 0 aliphatic heterocycles. The van der Waals surface area contributed by atoms with Gasteiger partial charge in [0, 0.05) is 24.1 Å². The number of nitrogens with one attached hydrogen (secondary N) is 1. The number of aryl methyl sites for hydroxylation is 1. The summed E-state index contributed by atoms with van der Waals surface area (Å²) in [7, 11) is 0. The summed E-state index contributed by atoms with van der Waals surface area (Å²) in [5.41, 5.74) is 3.20. The van der Waals surface area contributed by atoms with Gasteiger partial charge in [-0.15, -0.1) is 0 Å². The van der Waals surface area contributed by atoms with Crippen molar-refractivity contribution in [1.82, 2.24) is 5.32 Å². The number of rotatable bonds is 5. The molecule has 1 N–H and O–H groups in total. The molecule has 2 aliphatic carbocycles. The highest BCUT2D eigenvalue weighted by Crippen LogP contribution is 2.57. The molecule has 0 saturated heterocycles. The second-order valence-corrected chi connectivity index (χ2v) is 6.62. The van der Waals surface area contributed by atoms with Crippen LogP contribution in [0.25, 0.3) is 0 Å². The SMILES string of the molecule is CCOC1CC(N[C@H](C)c2cccc(C)c2)C12CCC2. The van der Waals surface area contributed by atoms with Crippen LogP contribution in [0.1, 0.15) is 56.7 Å². The van der Waals surface area contributed by atoms with Crippen LogP contribution in [0.4, 0.5) is 0 Å². The fourth-order valence-electron chi connectivity index (χ4n) is 4.01. The molecule has 2 saturated carbocycles. The van der Waals surface area contributed by atoms with E-state index in [9.17, 15) is 0 Å². The molecule has 3 atom stereocenters. The van der Waals surface area contributed by atoms with Gasteiger partial charge in [-0.25, -0.2) is 0 Å². The minimum atomic E-state index is 0.431. The van der Waals surface area contributed by atoms with Gasteiger partial charge in [-0.1, -0.05) is 36.2 Å². The number of ether oxygens (including phenoxy) is 1. The lowest BCUT2D eigenvalue weighted by molar-refractivity contribution is -0.174. The molecule has 0 heterocycles. The Kier molecular flexibility index (Phi) is 3.87. The lowest BCUT2D eigenvalue weighted by atomic mass is 9.51. The second kappa shape index (κ2) is 5.50. The summed E-state index contributed by atoms with van der Waals surface area (Å²) in [5, 5.41) is 3.86. The monoisotopic (exact) mass is 273 g/mol. The van der Waals surface area contributed by atoms with Crippen molar-refractivity contribution in [3.63, 3.8) is 0 Å². The third-order valence-corrected chi connectivity index (χ3v) is 5.43. The van der Waals surface area contributed by atoms with Gasteiger partial charge in [0.25, 0.3) is 0 Å². The highest BCUT2D eigenvalue weighted by atomic mass is 16.5. The summed E-state index contributed by atoms with van der Waals surface area (Å²) >= 11 is 0. The Morgan fingerprint density at radius 3 is 2.80 bits per heavy atom. The summed E-state index contributed by atoms with van der Waals surface area (Å²) < 4.78 is 5.93. The standard InChI is InChI=1S/C18H27NO/c1-4-20-17-12-16(18(17)9-6-10-18)19-14(3)15-8-5-7-13(2)11-15/h5,7-8,11,14,16-17,19H,4,6,9-10,12H2,1-3H3/t14-,16?,17?/m1/s1. The Labute approximate surface area is 122 Å². The maximum atomic E-state index is 5.93. The Morgan fingerprint density at radius 2 is 2.20 bits per heavy atom. The van der Waals surface area contributed by atoms with Crippen molar-refractivity contribution in [2.45, 2.75) is 64.6 Å². The van der Waals surface area contributed by atoms with Gasteiger partial charge in [0.1, 0.15) is 0 Å². The van der Waals surface area contributed by atoms with E-state index in [1.54, 1.807) is 0 Å². The summed E-state index contributed by atoms with van der Waals surface area (Å²) in [6.45, 7) is 7.42. The quantitative estimate of drug-likeness (QED) is 0.875. The van der Waals surface area contributed by atoms with Gasteiger partial charge in [0.05, 0.1) is 6.10 Å². The average Bonchev–Trinajstić information content (AvgIpc) is 2.35. The normalized spacial score (nSPS) is 28.8. The minimum Gasteiger partial charge on any atom is -0.378 e. The molecule has 1 aromatic carbocycles. The molecule has 3 rings (SSSR count). The summed E-state index contributed by atoms with van der Waals surface area (Å²) in [4.78, 5) is 0. The van der Waals surface area contributed by atoms with E-state index in [4.69, 9.17) is 4.74 Å². The van der Waals surface area contributed by atoms with Crippen LogP contribution in [-0.2, 0) is 4.74 Å². The van der Waals surface area contributed by atoms with Crippen LogP contribution in [0.2, 0.25) is 0 Å². The van der Waals surface area contributed by atoms with Gasteiger partial charge in [-0.2, -0.15) is 0 Å². The highest BCUT2D eigenvalue weighted by molar-refractivity contribution is 5.25. The maximum Gasteiger partial charge on any atom is 0.0661 e. The van der Waals surface area contributed by atoms with Crippen molar-refractivity contribution in [2.24, 2.45) is 5.41 Å². The van der Waals surface area contributed by atoms with Crippen LogP contribution < -0.4 is 5.32 Å². The Hall–Kier alpha value is -0.860. The van der Waals surface area contributed by atoms with E-state index in [-0.39, 0.29) is 0 Å². The van der Waals surface area contributed by atoms with E-state index in [0.29, 0.717) is 23.6 Å². The fourth-order valence-corrected chi connectivity index (χ4v) is 4.01. The van der Waals surface area contributed by atoms with Crippen LogP contribution in [0.5, 0.6) is 0 Å². The number of hydrogen-bond donors (Lipinski definition) is 1. The molecule has 110 valence electrons. The van der Waals surface area contributed by atoms with Crippen molar-refractivity contribution < 1.29 is 4.74 Å². The molecule has 0 bridgehead atoms. The van der Waals surface area contributed by atoms with Crippen LogP contribution in [0.3, 0.4) is 0 Å². The lowest BCUT2D eigenvalue weighted by Crippen LogP contribution is -2.67. The van der Waals surface area contributed by atoms with Gasteiger partial charge in [0.2, 0.25) is 0 Å². The Balaban J connectivity index is 1.64. The van der Waals surface area contributed by atoms with Crippen LogP contribution >= 0.6 is 0 Å². The smallest absolute Gasteiger partial charge is 0.0661 e. The summed E-state index contributed by atoms with van der Waals surface area (Å²) in [6, 6.07) is 9.92. The highest BCUT2D eigenvalue weighted by Gasteiger charge is 2.58. The molecule has 1 spiro atoms. The van der Waals surface area contributed by atoms with Crippen molar-refractivity contribution in [2.75, 3.05) is 6.61 Å². The first kappa shape index (κ1) is 14.1. The third-order valence-electron chi connectivity index (χ3n) is 5.43. The van der Waals surface area contributed by atoms with Crippen molar-refractivity contribution in [1.29, 1.82) is 0 Å². The molecule has 2 nitrogen and oxygen atoms in total. The number of benzene rings is 1. The second-order valence-electron chi connectivity index (χ2n) is 6.62. The largest absolute Gasteiger partial charge is 0.378 e. The van der Waals surface area contributed by atoms with E-state index in [0.717, 1.165) is 6.61 Å². The lowest BCUT2D eigenvalue weighted by Gasteiger charge is -2.61. The van der Waals surface area contributed by atoms with Crippen molar-refractivity contribution in [3.05, 3.63) is 35.4 Å². The van der Waals surface area contributed by atoms with E-state index in [1.807, 2.05) is 0 Å². The van der Waals surface area contributed by atoms with Gasteiger partial charge >= 0.3 is 0 Å². The molecule has 0 radical (unpaired) electrons. The third kappa shape index (κ3) is 2.29. The fraction of sp³-hybridized carbons (Fsp3) is 0.667. The van der Waals surface area contributed by atoms with Gasteiger partial charge in [-0.05, 0) is 45.6 Å². The molecule has 2 unspecified atom stereocenters. The first-order chi connectivity index (χ1) is 9.65. The van der Waals surface area contributed by atoms with E-state index >= 15 is 0 Å². The molecular weight excluding hydrogens is 246 g/mol. The first-order valence-corrected chi connectivity index (χ1v) is 8.10. The van der Waals surface area contributed by atoms with Crippen molar-refractivity contribution >= 4 is 0 Å². The summed E-state index contributed by atoms with van der Waals surface area (Å²) in [5.74, 6) is 0. The Morgan fingerprint density at radius 1 is 1.40 bits per heavy atom. The maximum absolute atomic E-state index is 5.93. The molecule has 0 amide bonds. The van der Waals surface area contributed by atoms with E-state index in [2.05, 4.69) is 50.4 Å². The predicted octanol–water partition coefficient (Wildman–Crippen LogP) is 3.99. The predicted molar refractivity (Wildman–Crippen MR) is 82.8 cm³/mol. The molecule has 2 fully saturated rings. The zero-order valence-electron chi connectivity index (χ0n) is 13.0. The average molecular weight is 273 g/mol. The molecule has 1 aromatic rings. The zero-order valence-corrected chi connectivity index (χ0v) is 13.0. The topological polar surface area (TPSA) is 21.3 Å².